The number of halogens is 1. The molecule has 2 aromatic rings. The Morgan fingerprint density at radius 1 is 1.19 bits per heavy atom. The molecule has 0 saturated carbocycles. The summed E-state index contributed by atoms with van der Waals surface area (Å²) in [5, 5.41) is 9.51. The van der Waals surface area contributed by atoms with E-state index in [2.05, 4.69) is 0 Å². The maximum atomic E-state index is 12.5. The number of fused-ring (bicyclic) bond motifs is 1. The molecule has 1 heterocycles. The molecule has 2 aromatic carbocycles. The van der Waals surface area contributed by atoms with E-state index in [1.165, 1.54) is 6.07 Å². The number of ether oxygens (including phenoxy) is 1. The number of carboxylic acid groups (broad SMARTS) is 1. The Balaban J connectivity index is 2.11. The van der Waals surface area contributed by atoms with Crippen LogP contribution in [0.4, 0.5) is 0 Å². The summed E-state index contributed by atoms with van der Waals surface area (Å²) in [7, 11) is 0. The number of carbonyl (C=O) groups excluding carboxylic acids is 1. The van der Waals surface area contributed by atoms with Crippen LogP contribution in [0.1, 0.15) is 27.4 Å². The van der Waals surface area contributed by atoms with E-state index in [0.717, 1.165) is 0 Å². The van der Waals surface area contributed by atoms with Crippen molar-refractivity contribution in [3.63, 3.8) is 0 Å². The van der Waals surface area contributed by atoms with Crippen molar-refractivity contribution in [1.29, 1.82) is 0 Å². The van der Waals surface area contributed by atoms with E-state index in [4.69, 9.17) is 16.3 Å². The number of carbonyl (C=O) groups is 2. The fourth-order valence-electron chi connectivity index (χ4n) is 2.41. The SMILES string of the molecule is O=C(c1ccccc1)c1cc(Cl)cc2c1OC[C@@H]2C(=O)O. The van der Waals surface area contributed by atoms with Crippen LogP contribution in [0.15, 0.2) is 42.5 Å². The Hall–Kier alpha value is -2.33. The first-order valence-corrected chi connectivity index (χ1v) is 6.74. The van der Waals surface area contributed by atoms with Gasteiger partial charge in [0.1, 0.15) is 18.3 Å². The third-order valence-electron chi connectivity index (χ3n) is 3.43. The maximum absolute atomic E-state index is 12.5. The number of ketones is 1. The number of aliphatic carboxylic acids is 1. The predicted octanol–water partition coefficient (Wildman–Crippen LogP) is 3.13. The summed E-state index contributed by atoms with van der Waals surface area (Å²) in [6.45, 7) is 0.0140. The van der Waals surface area contributed by atoms with Crippen LogP contribution < -0.4 is 4.74 Å². The minimum absolute atomic E-state index is 0.0140. The lowest BCUT2D eigenvalue weighted by molar-refractivity contribution is -0.138. The molecule has 4 nitrogen and oxygen atoms in total. The fraction of sp³-hybridized carbons (Fsp3) is 0.125. The number of hydrogen-bond donors (Lipinski definition) is 1. The summed E-state index contributed by atoms with van der Waals surface area (Å²) in [6.07, 6.45) is 0. The molecule has 21 heavy (non-hydrogen) atoms. The molecule has 0 radical (unpaired) electrons. The smallest absolute Gasteiger partial charge is 0.314 e. The highest BCUT2D eigenvalue weighted by atomic mass is 35.5. The topological polar surface area (TPSA) is 63.6 Å². The molecule has 0 aliphatic carbocycles. The third kappa shape index (κ3) is 2.38. The summed E-state index contributed by atoms with van der Waals surface area (Å²) < 4.78 is 5.44. The van der Waals surface area contributed by atoms with Gasteiger partial charge in [-0.05, 0) is 12.1 Å². The summed E-state index contributed by atoms with van der Waals surface area (Å²) in [6, 6.07) is 11.8. The van der Waals surface area contributed by atoms with Gasteiger partial charge in [-0.1, -0.05) is 41.9 Å². The van der Waals surface area contributed by atoms with Gasteiger partial charge in [0, 0.05) is 16.1 Å². The van der Waals surface area contributed by atoms with Crippen LogP contribution in [0, 0.1) is 0 Å². The van der Waals surface area contributed by atoms with Crippen LogP contribution in [-0.2, 0) is 4.79 Å². The van der Waals surface area contributed by atoms with Crippen molar-refractivity contribution < 1.29 is 19.4 Å². The molecule has 0 bridgehead atoms. The molecule has 1 N–H and O–H groups in total. The zero-order valence-corrected chi connectivity index (χ0v) is 11.6. The van der Waals surface area contributed by atoms with Crippen molar-refractivity contribution >= 4 is 23.4 Å². The summed E-state index contributed by atoms with van der Waals surface area (Å²) in [4.78, 5) is 23.8. The summed E-state index contributed by atoms with van der Waals surface area (Å²) >= 11 is 6.03. The Morgan fingerprint density at radius 2 is 1.90 bits per heavy atom. The molecule has 3 rings (SSSR count). The third-order valence-corrected chi connectivity index (χ3v) is 3.65. The van der Waals surface area contributed by atoms with Crippen molar-refractivity contribution in [3.8, 4) is 5.75 Å². The van der Waals surface area contributed by atoms with Crippen molar-refractivity contribution in [1.82, 2.24) is 0 Å². The molecule has 0 spiro atoms. The molecule has 1 atom stereocenters. The number of hydrogen-bond acceptors (Lipinski definition) is 3. The van der Waals surface area contributed by atoms with Crippen LogP contribution >= 0.6 is 11.6 Å². The van der Waals surface area contributed by atoms with Gasteiger partial charge in [0.15, 0.2) is 5.78 Å². The lowest BCUT2D eigenvalue weighted by atomic mass is 9.95. The van der Waals surface area contributed by atoms with Gasteiger partial charge in [-0.25, -0.2) is 0 Å². The summed E-state index contributed by atoms with van der Waals surface area (Å²) in [5.41, 5.74) is 1.26. The molecule has 0 aromatic heterocycles. The zero-order valence-electron chi connectivity index (χ0n) is 10.9. The minimum atomic E-state index is -0.992. The first-order chi connectivity index (χ1) is 10.1. The lowest BCUT2D eigenvalue weighted by Crippen LogP contribution is -2.12. The van der Waals surface area contributed by atoms with E-state index >= 15 is 0 Å². The molecule has 106 valence electrons. The molecule has 0 amide bonds. The van der Waals surface area contributed by atoms with Crippen molar-refractivity contribution in [2.24, 2.45) is 0 Å². The minimum Gasteiger partial charge on any atom is -0.491 e. The van der Waals surface area contributed by atoms with Crippen LogP contribution in [-0.4, -0.2) is 23.5 Å². The van der Waals surface area contributed by atoms with Crippen molar-refractivity contribution in [2.45, 2.75) is 5.92 Å². The largest absolute Gasteiger partial charge is 0.491 e. The van der Waals surface area contributed by atoms with Gasteiger partial charge < -0.3 is 9.84 Å². The monoisotopic (exact) mass is 302 g/mol. The normalized spacial score (nSPS) is 16.1. The van der Waals surface area contributed by atoms with Gasteiger partial charge in [0.2, 0.25) is 0 Å². The highest BCUT2D eigenvalue weighted by molar-refractivity contribution is 6.31. The molecule has 5 heteroatoms. The quantitative estimate of drug-likeness (QED) is 0.885. The molecule has 0 saturated heterocycles. The van der Waals surface area contributed by atoms with Crippen molar-refractivity contribution in [3.05, 3.63) is 64.2 Å². The molecule has 0 fully saturated rings. The molecule has 1 aliphatic rings. The molecule has 0 unspecified atom stereocenters. The van der Waals surface area contributed by atoms with Gasteiger partial charge in [0.25, 0.3) is 0 Å². The first kappa shape index (κ1) is 13.6. The zero-order chi connectivity index (χ0) is 15.0. The van der Waals surface area contributed by atoms with Crippen LogP contribution in [0.25, 0.3) is 0 Å². The standard InChI is InChI=1S/C16H11ClO4/c17-10-6-11-13(16(19)20)8-21-15(11)12(7-10)14(18)9-4-2-1-3-5-9/h1-7,13H,8H2,(H,19,20)/t13-/m0/s1. The van der Waals surface area contributed by atoms with Gasteiger partial charge in [-0.3, -0.25) is 9.59 Å². The van der Waals surface area contributed by atoms with E-state index in [0.29, 0.717) is 27.5 Å². The van der Waals surface area contributed by atoms with Crippen LogP contribution in [0.5, 0.6) is 5.75 Å². The predicted molar refractivity (Wildman–Crippen MR) is 77.2 cm³/mol. The average molecular weight is 303 g/mol. The van der Waals surface area contributed by atoms with Crippen LogP contribution in [0.3, 0.4) is 0 Å². The second-order valence-corrected chi connectivity index (χ2v) is 5.21. The highest BCUT2D eigenvalue weighted by Gasteiger charge is 2.34. The molecule has 1 aliphatic heterocycles. The van der Waals surface area contributed by atoms with Gasteiger partial charge in [-0.15, -0.1) is 0 Å². The Morgan fingerprint density at radius 3 is 2.57 bits per heavy atom. The maximum Gasteiger partial charge on any atom is 0.314 e. The average Bonchev–Trinajstić information content (AvgIpc) is 2.90. The second-order valence-electron chi connectivity index (χ2n) is 4.77. The molecular weight excluding hydrogens is 292 g/mol. The van der Waals surface area contributed by atoms with Crippen molar-refractivity contribution in [2.75, 3.05) is 6.61 Å². The van der Waals surface area contributed by atoms with E-state index in [9.17, 15) is 14.7 Å². The Bertz CT molecular complexity index is 725. The molecular formula is C16H11ClO4. The fourth-order valence-corrected chi connectivity index (χ4v) is 2.64. The first-order valence-electron chi connectivity index (χ1n) is 6.36. The number of carboxylic acids is 1. The van der Waals surface area contributed by atoms with Gasteiger partial charge in [0.05, 0.1) is 5.56 Å². The van der Waals surface area contributed by atoms with Gasteiger partial charge >= 0.3 is 5.97 Å². The highest BCUT2D eigenvalue weighted by Crippen LogP contribution is 2.40. The van der Waals surface area contributed by atoms with Crippen LogP contribution in [0.2, 0.25) is 5.02 Å². The van der Waals surface area contributed by atoms with E-state index < -0.39 is 11.9 Å². The van der Waals surface area contributed by atoms with E-state index in [-0.39, 0.29) is 12.4 Å². The number of rotatable bonds is 3. The Labute approximate surface area is 125 Å². The second kappa shape index (κ2) is 5.22. The van der Waals surface area contributed by atoms with E-state index in [1.807, 2.05) is 6.07 Å². The lowest BCUT2D eigenvalue weighted by Gasteiger charge is -2.08. The Kier molecular flexibility index (Phi) is 3.39. The summed E-state index contributed by atoms with van der Waals surface area (Å²) in [5.74, 6) is -1.70. The van der Waals surface area contributed by atoms with Gasteiger partial charge in [-0.2, -0.15) is 0 Å². The van der Waals surface area contributed by atoms with E-state index in [1.54, 1.807) is 30.3 Å². The number of benzene rings is 2.